The zero-order valence-electron chi connectivity index (χ0n) is 19.6. The van der Waals surface area contributed by atoms with Gasteiger partial charge >= 0.3 is 0 Å². The summed E-state index contributed by atoms with van der Waals surface area (Å²) < 4.78 is 12.1. The van der Waals surface area contributed by atoms with Gasteiger partial charge in [0.2, 0.25) is 0 Å². The molecule has 9 heteroatoms. The van der Waals surface area contributed by atoms with Crippen molar-refractivity contribution in [3.05, 3.63) is 74.3 Å². The number of benzene rings is 2. The van der Waals surface area contributed by atoms with Gasteiger partial charge in [0, 0.05) is 32.9 Å². The Morgan fingerprint density at radius 1 is 1.09 bits per heavy atom. The molecule has 34 heavy (non-hydrogen) atoms. The summed E-state index contributed by atoms with van der Waals surface area (Å²) in [5, 5.41) is 1.21. The minimum absolute atomic E-state index is 0.157. The fourth-order valence-corrected chi connectivity index (χ4v) is 4.25. The largest absolute Gasteiger partial charge is 0.385 e. The molecule has 3 aromatic rings. The van der Waals surface area contributed by atoms with Crippen LogP contribution < -0.4 is 5.56 Å². The Hall–Kier alpha value is -2.45. The average molecular weight is 506 g/mol. The molecule has 0 fully saturated rings. The van der Waals surface area contributed by atoms with Crippen molar-refractivity contribution in [1.82, 2.24) is 14.5 Å². The monoisotopic (exact) mass is 505 g/mol. The predicted octanol–water partition coefficient (Wildman–Crippen LogP) is 4.98. The van der Waals surface area contributed by atoms with Crippen molar-refractivity contribution in [3.8, 4) is 0 Å². The van der Waals surface area contributed by atoms with Gasteiger partial charge in [0.15, 0.2) is 0 Å². The van der Waals surface area contributed by atoms with Gasteiger partial charge in [-0.25, -0.2) is 4.98 Å². The molecular formula is C25H29Cl2N3O4. The molecule has 0 saturated heterocycles. The quantitative estimate of drug-likeness (QED) is 0.343. The third kappa shape index (κ3) is 5.78. The smallest absolute Gasteiger partial charge is 0.261 e. The second-order valence-corrected chi connectivity index (χ2v) is 8.65. The molecule has 1 heterocycles. The number of halogens is 2. The lowest BCUT2D eigenvalue weighted by Crippen LogP contribution is -2.40. The minimum atomic E-state index is -0.451. The highest BCUT2D eigenvalue weighted by atomic mass is 35.5. The molecule has 0 aliphatic rings. The molecule has 3 rings (SSSR count). The van der Waals surface area contributed by atoms with E-state index in [9.17, 15) is 9.59 Å². The summed E-state index contributed by atoms with van der Waals surface area (Å²) >= 11 is 12.3. The van der Waals surface area contributed by atoms with E-state index in [1.165, 1.54) is 0 Å². The van der Waals surface area contributed by atoms with E-state index < -0.39 is 6.04 Å². The SMILES string of the molecule is CCC(c1nc2ccccc2c(=O)n1CCOC)N(CCCOC)C(=O)c1ccc(Cl)c(Cl)c1. The van der Waals surface area contributed by atoms with Gasteiger partial charge in [0.05, 0.1) is 40.1 Å². The number of hydrogen-bond acceptors (Lipinski definition) is 5. The van der Waals surface area contributed by atoms with Crippen LogP contribution in [0.3, 0.4) is 0 Å². The summed E-state index contributed by atoms with van der Waals surface area (Å²) in [4.78, 5) is 33.7. The van der Waals surface area contributed by atoms with Gasteiger partial charge in [-0.3, -0.25) is 14.2 Å². The van der Waals surface area contributed by atoms with Crippen LogP contribution >= 0.6 is 23.2 Å². The number of amides is 1. The summed E-state index contributed by atoms with van der Waals surface area (Å²) in [6.45, 7) is 3.54. The molecule has 0 spiro atoms. The van der Waals surface area contributed by atoms with Crippen LogP contribution in [0.4, 0.5) is 0 Å². The molecule has 0 bridgehead atoms. The van der Waals surface area contributed by atoms with Crippen LogP contribution in [0.2, 0.25) is 10.0 Å². The first-order valence-corrected chi connectivity index (χ1v) is 11.9. The van der Waals surface area contributed by atoms with Crippen molar-refractivity contribution in [1.29, 1.82) is 0 Å². The molecule has 0 radical (unpaired) electrons. The van der Waals surface area contributed by atoms with Gasteiger partial charge in [-0.15, -0.1) is 0 Å². The summed E-state index contributed by atoms with van der Waals surface area (Å²) in [5.74, 6) is 0.302. The Balaban J connectivity index is 2.14. The van der Waals surface area contributed by atoms with E-state index in [1.807, 2.05) is 25.1 Å². The highest BCUT2D eigenvalue weighted by Gasteiger charge is 2.29. The van der Waals surface area contributed by atoms with Crippen LogP contribution in [0.15, 0.2) is 47.3 Å². The van der Waals surface area contributed by atoms with E-state index in [1.54, 1.807) is 48.0 Å². The Kier molecular flexibility index (Phi) is 9.47. The second kappa shape index (κ2) is 12.3. The van der Waals surface area contributed by atoms with Gasteiger partial charge in [-0.2, -0.15) is 0 Å². The molecule has 1 amide bonds. The van der Waals surface area contributed by atoms with Crippen molar-refractivity contribution < 1.29 is 14.3 Å². The maximum atomic E-state index is 13.7. The molecular weight excluding hydrogens is 477 g/mol. The number of carbonyl (C=O) groups excluding carboxylic acids is 1. The highest BCUT2D eigenvalue weighted by molar-refractivity contribution is 6.42. The minimum Gasteiger partial charge on any atom is -0.385 e. The van der Waals surface area contributed by atoms with Gasteiger partial charge < -0.3 is 14.4 Å². The van der Waals surface area contributed by atoms with Crippen LogP contribution in [-0.4, -0.2) is 54.3 Å². The van der Waals surface area contributed by atoms with E-state index in [-0.39, 0.29) is 11.5 Å². The van der Waals surface area contributed by atoms with Crippen LogP contribution in [0.5, 0.6) is 0 Å². The highest BCUT2D eigenvalue weighted by Crippen LogP contribution is 2.28. The number of ether oxygens (including phenoxy) is 2. The molecule has 2 aromatic carbocycles. The average Bonchev–Trinajstić information content (AvgIpc) is 2.84. The van der Waals surface area contributed by atoms with Crippen LogP contribution in [0.1, 0.15) is 42.0 Å². The molecule has 0 saturated carbocycles. The number of para-hydroxylation sites is 1. The van der Waals surface area contributed by atoms with Crippen molar-refractivity contribution in [2.24, 2.45) is 0 Å². The zero-order valence-corrected chi connectivity index (χ0v) is 21.1. The molecule has 0 N–H and O–H groups in total. The van der Waals surface area contributed by atoms with Crippen LogP contribution in [0, 0.1) is 0 Å². The van der Waals surface area contributed by atoms with Crippen molar-refractivity contribution in [2.45, 2.75) is 32.4 Å². The number of aromatic nitrogens is 2. The number of nitrogens with zero attached hydrogens (tertiary/aromatic N) is 3. The lowest BCUT2D eigenvalue weighted by molar-refractivity contribution is 0.0629. The molecule has 7 nitrogen and oxygen atoms in total. The topological polar surface area (TPSA) is 73.7 Å². The first kappa shape index (κ1) is 26.2. The van der Waals surface area contributed by atoms with Gasteiger partial charge in [0.25, 0.3) is 11.5 Å². The summed E-state index contributed by atoms with van der Waals surface area (Å²) in [7, 11) is 3.21. The van der Waals surface area contributed by atoms with Gasteiger partial charge in [-0.05, 0) is 43.2 Å². The summed E-state index contributed by atoms with van der Waals surface area (Å²) in [6, 6.07) is 11.6. The number of carbonyl (C=O) groups is 1. The summed E-state index contributed by atoms with van der Waals surface area (Å²) in [6.07, 6.45) is 1.17. The molecule has 182 valence electrons. The molecule has 1 aromatic heterocycles. The van der Waals surface area contributed by atoms with E-state index in [0.29, 0.717) is 71.5 Å². The normalized spacial score (nSPS) is 12.1. The maximum Gasteiger partial charge on any atom is 0.261 e. The number of fused-ring (bicyclic) bond motifs is 1. The zero-order chi connectivity index (χ0) is 24.7. The summed E-state index contributed by atoms with van der Waals surface area (Å²) in [5.41, 5.74) is 0.847. The van der Waals surface area contributed by atoms with Crippen molar-refractivity contribution in [3.63, 3.8) is 0 Å². The first-order chi connectivity index (χ1) is 16.4. The second-order valence-electron chi connectivity index (χ2n) is 7.83. The maximum absolute atomic E-state index is 13.7. The Bertz CT molecular complexity index is 1200. The Morgan fingerprint density at radius 3 is 2.50 bits per heavy atom. The standard InChI is InChI=1S/C25H29Cl2N3O4/c1-4-22(23-28-21-9-6-5-8-18(21)25(32)30(23)13-15-34-3)29(12-7-14-33-2)24(31)17-10-11-19(26)20(27)16-17/h5-6,8-11,16,22H,4,7,12-15H2,1-3H3. The third-order valence-corrected chi connectivity index (χ3v) is 6.39. The third-order valence-electron chi connectivity index (χ3n) is 5.65. The number of hydrogen-bond donors (Lipinski definition) is 0. The number of methoxy groups -OCH3 is 2. The van der Waals surface area contributed by atoms with E-state index in [2.05, 4.69) is 0 Å². The van der Waals surface area contributed by atoms with Gasteiger partial charge in [0.1, 0.15) is 5.82 Å². The molecule has 0 aliphatic carbocycles. The fourth-order valence-electron chi connectivity index (χ4n) is 3.95. The van der Waals surface area contributed by atoms with Crippen molar-refractivity contribution >= 4 is 40.0 Å². The van der Waals surface area contributed by atoms with Crippen molar-refractivity contribution in [2.75, 3.05) is 34.0 Å². The lowest BCUT2D eigenvalue weighted by atomic mass is 10.1. The van der Waals surface area contributed by atoms with E-state index in [4.69, 9.17) is 37.7 Å². The van der Waals surface area contributed by atoms with Crippen LogP contribution in [-0.2, 0) is 16.0 Å². The first-order valence-electron chi connectivity index (χ1n) is 11.2. The fraction of sp³-hybridized carbons (Fsp3) is 0.400. The lowest BCUT2D eigenvalue weighted by Gasteiger charge is -2.32. The Labute approximate surface area is 209 Å². The molecule has 1 unspecified atom stereocenters. The molecule has 0 aliphatic heterocycles. The van der Waals surface area contributed by atoms with Crippen LogP contribution in [0.25, 0.3) is 10.9 Å². The number of rotatable bonds is 11. The Morgan fingerprint density at radius 2 is 1.82 bits per heavy atom. The van der Waals surface area contributed by atoms with Gasteiger partial charge in [-0.1, -0.05) is 42.3 Å². The van der Waals surface area contributed by atoms with E-state index >= 15 is 0 Å². The predicted molar refractivity (Wildman–Crippen MR) is 135 cm³/mol. The molecule has 1 atom stereocenters. The van der Waals surface area contributed by atoms with E-state index in [0.717, 1.165) is 0 Å².